The number of thioether (sulfide) groups is 1. The third kappa shape index (κ3) is 2.38. The van der Waals surface area contributed by atoms with Crippen molar-refractivity contribution in [2.24, 2.45) is 0 Å². The van der Waals surface area contributed by atoms with E-state index in [4.69, 9.17) is 9.47 Å². The summed E-state index contributed by atoms with van der Waals surface area (Å²) in [7, 11) is 1.65. The second-order valence-corrected chi connectivity index (χ2v) is 4.95. The molecule has 1 atom stereocenters. The summed E-state index contributed by atoms with van der Waals surface area (Å²) in [5, 5.41) is 2.99. The van der Waals surface area contributed by atoms with Crippen molar-refractivity contribution in [1.82, 2.24) is 5.32 Å². The zero-order chi connectivity index (χ0) is 10.7. The Morgan fingerprint density at radius 2 is 2.07 bits per heavy atom. The highest BCUT2D eigenvalue weighted by atomic mass is 32.2. The summed E-state index contributed by atoms with van der Waals surface area (Å²) in [6.07, 6.45) is 0. The van der Waals surface area contributed by atoms with Crippen LogP contribution in [0.25, 0.3) is 0 Å². The van der Waals surface area contributed by atoms with Crippen molar-refractivity contribution in [2.75, 3.05) is 19.4 Å². The average Bonchev–Trinajstić information content (AvgIpc) is 2.66. The maximum atomic E-state index is 5.91. The Labute approximate surface area is 94.2 Å². The lowest BCUT2D eigenvalue weighted by Crippen LogP contribution is -2.39. The van der Waals surface area contributed by atoms with E-state index in [1.807, 2.05) is 31.2 Å². The van der Waals surface area contributed by atoms with Crippen LogP contribution >= 0.6 is 11.8 Å². The summed E-state index contributed by atoms with van der Waals surface area (Å²) < 4.78 is 11.2. The number of hydrogen-bond acceptors (Lipinski definition) is 4. The van der Waals surface area contributed by atoms with Crippen molar-refractivity contribution in [3.05, 3.63) is 24.3 Å². The first-order chi connectivity index (χ1) is 7.23. The van der Waals surface area contributed by atoms with E-state index in [9.17, 15) is 0 Å². The molecule has 1 N–H and O–H groups in total. The van der Waals surface area contributed by atoms with E-state index in [2.05, 4.69) is 5.32 Å². The first-order valence-electron chi connectivity index (χ1n) is 4.94. The molecule has 0 aliphatic carbocycles. The maximum Gasteiger partial charge on any atom is 0.206 e. The average molecular weight is 225 g/mol. The molecule has 0 bridgehead atoms. The van der Waals surface area contributed by atoms with Gasteiger partial charge in [-0.15, -0.1) is 0 Å². The fourth-order valence-corrected chi connectivity index (χ4v) is 2.50. The standard InChI is InChI=1S/C11H15NO2S/c1-11(12-7-8-15-11)14-10-6-4-3-5-9(10)13-2/h3-6,12H,7-8H2,1-2H3/t11-/m0/s1. The number of nitrogens with one attached hydrogen (secondary N) is 1. The molecule has 3 nitrogen and oxygen atoms in total. The highest BCUT2D eigenvalue weighted by Crippen LogP contribution is 2.34. The van der Waals surface area contributed by atoms with Crippen LogP contribution in [0, 0.1) is 0 Å². The van der Waals surface area contributed by atoms with E-state index in [1.54, 1.807) is 18.9 Å². The summed E-state index contributed by atoms with van der Waals surface area (Å²) in [4.78, 5) is 0. The van der Waals surface area contributed by atoms with Gasteiger partial charge in [0, 0.05) is 12.3 Å². The highest BCUT2D eigenvalue weighted by molar-refractivity contribution is 8.00. The largest absolute Gasteiger partial charge is 0.493 e. The molecule has 0 unspecified atom stereocenters. The van der Waals surface area contributed by atoms with Gasteiger partial charge in [0.2, 0.25) is 5.06 Å². The third-order valence-electron chi connectivity index (χ3n) is 2.30. The van der Waals surface area contributed by atoms with Crippen LogP contribution in [0.5, 0.6) is 11.5 Å². The SMILES string of the molecule is COc1ccccc1O[C@]1(C)NCCS1. The molecule has 1 aliphatic heterocycles. The topological polar surface area (TPSA) is 30.5 Å². The fourth-order valence-electron chi connectivity index (χ4n) is 1.55. The molecule has 2 rings (SSSR count). The maximum absolute atomic E-state index is 5.91. The predicted octanol–water partition coefficient (Wildman–Crippen LogP) is 2.08. The van der Waals surface area contributed by atoms with Crippen molar-refractivity contribution < 1.29 is 9.47 Å². The number of hydrogen-bond donors (Lipinski definition) is 1. The summed E-state index contributed by atoms with van der Waals surface area (Å²) in [5.41, 5.74) is 0. The molecule has 1 heterocycles. The van der Waals surface area contributed by atoms with Gasteiger partial charge >= 0.3 is 0 Å². The molecule has 0 amide bonds. The molecule has 82 valence electrons. The summed E-state index contributed by atoms with van der Waals surface area (Å²) in [5.74, 6) is 2.63. The Morgan fingerprint density at radius 3 is 2.67 bits per heavy atom. The van der Waals surface area contributed by atoms with Gasteiger partial charge in [-0.3, -0.25) is 5.32 Å². The molecule has 0 aromatic heterocycles. The van der Waals surface area contributed by atoms with Gasteiger partial charge in [-0.05, 0) is 19.1 Å². The first-order valence-corrected chi connectivity index (χ1v) is 5.93. The second-order valence-electron chi connectivity index (χ2n) is 3.47. The molecule has 15 heavy (non-hydrogen) atoms. The summed E-state index contributed by atoms with van der Waals surface area (Å²) >= 11 is 1.77. The van der Waals surface area contributed by atoms with Crippen molar-refractivity contribution in [3.63, 3.8) is 0 Å². The van der Waals surface area contributed by atoms with Gasteiger partial charge in [-0.2, -0.15) is 0 Å². The van der Waals surface area contributed by atoms with Crippen LogP contribution < -0.4 is 14.8 Å². The zero-order valence-electron chi connectivity index (χ0n) is 8.95. The molecule has 1 saturated heterocycles. The van der Waals surface area contributed by atoms with Crippen LogP contribution in [0.1, 0.15) is 6.92 Å². The van der Waals surface area contributed by atoms with Gasteiger partial charge < -0.3 is 9.47 Å². The molecule has 4 heteroatoms. The van der Waals surface area contributed by atoms with Gasteiger partial charge in [-0.25, -0.2) is 0 Å². The number of para-hydroxylation sites is 2. The van der Waals surface area contributed by atoms with Gasteiger partial charge in [0.1, 0.15) is 0 Å². The summed E-state index contributed by atoms with van der Waals surface area (Å²) in [6, 6.07) is 7.70. The van der Waals surface area contributed by atoms with Crippen molar-refractivity contribution in [2.45, 2.75) is 12.0 Å². The van der Waals surface area contributed by atoms with Gasteiger partial charge in [-0.1, -0.05) is 23.9 Å². The molecule has 1 fully saturated rings. The van der Waals surface area contributed by atoms with Crippen LogP contribution in [0.2, 0.25) is 0 Å². The van der Waals surface area contributed by atoms with Crippen molar-refractivity contribution in [1.29, 1.82) is 0 Å². The molecular weight excluding hydrogens is 210 g/mol. The van der Waals surface area contributed by atoms with Crippen LogP contribution in [0.15, 0.2) is 24.3 Å². The quantitative estimate of drug-likeness (QED) is 0.853. The highest BCUT2D eigenvalue weighted by Gasteiger charge is 2.31. The van der Waals surface area contributed by atoms with E-state index < -0.39 is 0 Å². The van der Waals surface area contributed by atoms with Crippen molar-refractivity contribution in [3.8, 4) is 11.5 Å². The van der Waals surface area contributed by atoms with Gasteiger partial charge in [0.25, 0.3) is 0 Å². The first kappa shape index (κ1) is 10.6. The minimum atomic E-state index is -0.325. The molecule has 1 aromatic carbocycles. The predicted molar refractivity (Wildman–Crippen MR) is 62.5 cm³/mol. The third-order valence-corrected chi connectivity index (χ3v) is 3.49. The van der Waals surface area contributed by atoms with Gasteiger partial charge in [0.15, 0.2) is 11.5 Å². The normalized spacial score (nSPS) is 25.2. The number of ether oxygens (including phenoxy) is 2. The smallest absolute Gasteiger partial charge is 0.206 e. The monoisotopic (exact) mass is 225 g/mol. The Hall–Kier alpha value is -0.870. The Kier molecular flexibility index (Phi) is 3.07. The van der Waals surface area contributed by atoms with E-state index in [1.165, 1.54) is 0 Å². The van der Waals surface area contributed by atoms with E-state index >= 15 is 0 Å². The number of methoxy groups -OCH3 is 1. The lowest BCUT2D eigenvalue weighted by molar-refractivity contribution is 0.152. The minimum absolute atomic E-state index is 0.325. The lowest BCUT2D eigenvalue weighted by atomic mass is 10.3. The van der Waals surface area contributed by atoms with Crippen LogP contribution in [-0.2, 0) is 0 Å². The fraction of sp³-hybridized carbons (Fsp3) is 0.455. The molecule has 0 saturated carbocycles. The lowest BCUT2D eigenvalue weighted by Gasteiger charge is -2.25. The molecule has 0 radical (unpaired) electrons. The zero-order valence-corrected chi connectivity index (χ0v) is 9.76. The molecule has 0 spiro atoms. The van der Waals surface area contributed by atoms with E-state index in [0.29, 0.717) is 0 Å². The van der Waals surface area contributed by atoms with Crippen LogP contribution in [0.3, 0.4) is 0 Å². The Balaban J connectivity index is 2.16. The number of rotatable bonds is 3. The number of benzene rings is 1. The minimum Gasteiger partial charge on any atom is -0.493 e. The molecule has 1 aliphatic rings. The van der Waals surface area contributed by atoms with E-state index in [0.717, 1.165) is 23.8 Å². The van der Waals surface area contributed by atoms with Crippen LogP contribution in [0.4, 0.5) is 0 Å². The van der Waals surface area contributed by atoms with Crippen LogP contribution in [-0.4, -0.2) is 24.5 Å². The molecular formula is C11H15NO2S. The van der Waals surface area contributed by atoms with E-state index in [-0.39, 0.29) is 5.06 Å². The van der Waals surface area contributed by atoms with Gasteiger partial charge in [0.05, 0.1) is 7.11 Å². The second kappa shape index (κ2) is 4.33. The summed E-state index contributed by atoms with van der Waals surface area (Å²) in [6.45, 7) is 3.02. The Bertz CT molecular complexity index is 337. The van der Waals surface area contributed by atoms with Crippen molar-refractivity contribution >= 4 is 11.8 Å². The molecule has 1 aromatic rings. The Morgan fingerprint density at radius 1 is 1.33 bits per heavy atom.